The normalized spacial score (nSPS) is 15.4. The summed E-state index contributed by atoms with van der Waals surface area (Å²) in [5.74, 6) is 0. The summed E-state index contributed by atoms with van der Waals surface area (Å²) in [5.41, 5.74) is 0.774. The summed E-state index contributed by atoms with van der Waals surface area (Å²) in [6, 6.07) is 5.35. The van der Waals surface area contributed by atoms with Gasteiger partial charge in [0.2, 0.25) is 0 Å². The number of nitrogens with one attached hydrogen (secondary N) is 1. The second kappa shape index (κ2) is 6.86. The number of nitrogens with zero attached hydrogens (tertiary/aromatic N) is 1. The first-order valence-corrected chi connectivity index (χ1v) is 7.70. The molecule has 1 unspecified atom stereocenters. The van der Waals surface area contributed by atoms with Gasteiger partial charge in [-0.1, -0.05) is 6.07 Å². The van der Waals surface area contributed by atoms with Crippen LogP contribution in [-0.4, -0.2) is 26.0 Å². The van der Waals surface area contributed by atoms with Crippen LogP contribution < -0.4 is 4.72 Å². The SMILES string of the molecule is CC(C)(C)[S+]([O-])N[C@H](CCO)c1cccc(Br)n1. The second-order valence-corrected chi connectivity index (χ2v) is 7.76. The maximum Gasteiger partial charge on any atom is 0.136 e. The maximum atomic E-state index is 12.1. The van der Waals surface area contributed by atoms with Gasteiger partial charge in [0, 0.05) is 18.0 Å². The quantitative estimate of drug-likeness (QED) is 0.640. The fourth-order valence-corrected chi connectivity index (χ4v) is 2.53. The lowest BCUT2D eigenvalue weighted by molar-refractivity contribution is 0.271. The molecule has 1 aromatic heterocycles. The Morgan fingerprint density at radius 1 is 1.50 bits per heavy atom. The highest BCUT2D eigenvalue weighted by Gasteiger charge is 2.30. The number of pyridine rings is 1. The molecule has 18 heavy (non-hydrogen) atoms. The van der Waals surface area contributed by atoms with Gasteiger partial charge in [0.1, 0.15) is 9.35 Å². The van der Waals surface area contributed by atoms with Gasteiger partial charge in [-0.25, -0.2) is 4.98 Å². The summed E-state index contributed by atoms with van der Waals surface area (Å²) in [6.07, 6.45) is 0.477. The monoisotopic (exact) mass is 334 g/mol. The van der Waals surface area contributed by atoms with Gasteiger partial charge in [0.25, 0.3) is 0 Å². The van der Waals surface area contributed by atoms with Crippen molar-refractivity contribution in [2.45, 2.75) is 38.0 Å². The van der Waals surface area contributed by atoms with Crippen LogP contribution in [0.5, 0.6) is 0 Å². The zero-order chi connectivity index (χ0) is 13.8. The van der Waals surface area contributed by atoms with Crippen molar-refractivity contribution in [3.8, 4) is 0 Å². The smallest absolute Gasteiger partial charge is 0.136 e. The molecule has 0 spiro atoms. The summed E-state index contributed by atoms with van der Waals surface area (Å²) in [6.45, 7) is 5.73. The first-order valence-electron chi connectivity index (χ1n) is 5.76. The van der Waals surface area contributed by atoms with E-state index in [0.717, 1.165) is 10.3 Å². The van der Waals surface area contributed by atoms with Crippen molar-refractivity contribution in [2.75, 3.05) is 6.61 Å². The minimum absolute atomic E-state index is 0.0210. The molecule has 0 fully saturated rings. The Balaban J connectivity index is 2.83. The number of hydrogen-bond donors (Lipinski definition) is 2. The van der Waals surface area contributed by atoms with E-state index >= 15 is 0 Å². The molecular formula is C12H19BrN2O2S. The standard InChI is InChI=1S/C12H19BrN2O2S/c1-12(2,3)18(17)15-10(7-8-16)9-5-4-6-11(13)14-9/h4-6,10,15-16H,7-8H2,1-3H3/t10-,18?/m1/s1. The van der Waals surface area contributed by atoms with Crippen LogP contribution in [0, 0.1) is 0 Å². The lowest BCUT2D eigenvalue weighted by Gasteiger charge is -2.27. The van der Waals surface area contributed by atoms with Crippen molar-refractivity contribution in [2.24, 2.45) is 0 Å². The van der Waals surface area contributed by atoms with Crippen molar-refractivity contribution < 1.29 is 9.66 Å². The molecule has 2 atom stereocenters. The summed E-state index contributed by atoms with van der Waals surface area (Å²) in [4.78, 5) is 4.34. The fraction of sp³-hybridized carbons (Fsp3) is 0.583. The van der Waals surface area contributed by atoms with Gasteiger partial charge in [-0.15, -0.1) is 4.72 Å². The van der Waals surface area contributed by atoms with Crippen LogP contribution in [-0.2, 0) is 11.4 Å². The first kappa shape index (κ1) is 15.9. The van der Waals surface area contributed by atoms with E-state index < -0.39 is 11.4 Å². The Labute approximate surface area is 120 Å². The highest BCUT2D eigenvalue weighted by Crippen LogP contribution is 2.22. The third kappa shape index (κ3) is 4.85. The molecule has 0 aromatic carbocycles. The van der Waals surface area contributed by atoms with Gasteiger partial charge in [0.05, 0.1) is 11.7 Å². The van der Waals surface area contributed by atoms with E-state index in [2.05, 4.69) is 25.6 Å². The van der Waals surface area contributed by atoms with Gasteiger partial charge in [0.15, 0.2) is 0 Å². The number of aliphatic hydroxyl groups is 1. The molecule has 1 heterocycles. The average Bonchev–Trinajstić information content (AvgIpc) is 2.27. The molecule has 102 valence electrons. The zero-order valence-electron chi connectivity index (χ0n) is 10.8. The largest absolute Gasteiger partial charge is 0.598 e. The van der Waals surface area contributed by atoms with Gasteiger partial charge < -0.3 is 9.66 Å². The van der Waals surface area contributed by atoms with Crippen LogP contribution in [0.15, 0.2) is 22.8 Å². The summed E-state index contributed by atoms with van der Waals surface area (Å²) in [5, 5.41) is 9.10. The van der Waals surface area contributed by atoms with Crippen LogP contribution in [0.1, 0.15) is 38.9 Å². The van der Waals surface area contributed by atoms with Gasteiger partial charge >= 0.3 is 0 Å². The molecular weight excluding hydrogens is 316 g/mol. The number of rotatable bonds is 5. The maximum absolute atomic E-state index is 12.1. The minimum atomic E-state index is -1.19. The van der Waals surface area contributed by atoms with E-state index in [0.29, 0.717) is 6.42 Å². The van der Waals surface area contributed by atoms with Gasteiger partial charge in [-0.3, -0.25) is 0 Å². The molecule has 0 amide bonds. The van der Waals surface area contributed by atoms with Gasteiger partial charge in [-0.2, -0.15) is 0 Å². The summed E-state index contributed by atoms with van der Waals surface area (Å²) < 4.78 is 15.5. The molecule has 0 aliphatic carbocycles. The molecule has 0 saturated carbocycles. The predicted octanol–water partition coefficient (Wildman–Crippen LogP) is 2.32. The fourth-order valence-electron chi connectivity index (χ4n) is 1.32. The third-order valence-electron chi connectivity index (χ3n) is 2.32. The molecule has 0 bridgehead atoms. The molecule has 0 aliphatic heterocycles. The Morgan fingerprint density at radius 3 is 2.67 bits per heavy atom. The Kier molecular flexibility index (Phi) is 6.07. The lowest BCUT2D eigenvalue weighted by atomic mass is 10.1. The molecule has 6 heteroatoms. The van der Waals surface area contributed by atoms with E-state index in [1.54, 1.807) is 0 Å². The molecule has 1 rings (SSSR count). The molecule has 0 saturated heterocycles. The van der Waals surface area contributed by atoms with Crippen LogP contribution >= 0.6 is 15.9 Å². The Bertz CT molecular complexity index is 385. The zero-order valence-corrected chi connectivity index (χ0v) is 13.2. The van der Waals surface area contributed by atoms with Gasteiger partial charge in [-0.05, 0) is 55.3 Å². The highest BCUT2D eigenvalue weighted by molar-refractivity contribution is 9.10. The Morgan fingerprint density at radius 2 is 2.17 bits per heavy atom. The molecule has 0 radical (unpaired) electrons. The summed E-state index contributed by atoms with van der Waals surface area (Å²) >= 11 is 2.12. The second-order valence-electron chi connectivity index (χ2n) is 4.95. The molecule has 4 nitrogen and oxygen atoms in total. The number of aliphatic hydroxyl groups excluding tert-OH is 1. The first-order chi connectivity index (χ1) is 8.34. The summed E-state index contributed by atoms with van der Waals surface area (Å²) in [7, 11) is 0. The van der Waals surface area contributed by atoms with E-state index in [4.69, 9.17) is 5.11 Å². The van der Waals surface area contributed by atoms with E-state index in [1.165, 1.54) is 0 Å². The topological polar surface area (TPSA) is 68.2 Å². The van der Waals surface area contributed by atoms with E-state index in [1.807, 2.05) is 39.0 Å². The molecule has 2 N–H and O–H groups in total. The number of hydrogen-bond acceptors (Lipinski definition) is 4. The lowest BCUT2D eigenvalue weighted by Crippen LogP contribution is -2.41. The van der Waals surface area contributed by atoms with Crippen LogP contribution in [0.2, 0.25) is 0 Å². The number of aromatic nitrogens is 1. The highest BCUT2D eigenvalue weighted by atomic mass is 79.9. The van der Waals surface area contributed by atoms with Crippen LogP contribution in [0.4, 0.5) is 0 Å². The van der Waals surface area contributed by atoms with E-state index in [9.17, 15) is 4.55 Å². The van der Waals surface area contributed by atoms with Crippen molar-refractivity contribution >= 4 is 27.3 Å². The average molecular weight is 335 g/mol. The van der Waals surface area contributed by atoms with Crippen LogP contribution in [0.25, 0.3) is 0 Å². The van der Waals surface area contributed by atoms with Crippen molar-refractivity contribution in [3.63, 3.8) is 0 Å². The number of halogens is 1. The Hall–Kier alpha value is -0.140. The minimum Gasteiger partial charge on any atom is -0.598 e. The molecule has 0 aliphatic rings. The van der Waals surface area contributed by atoms with E-state index in [-0.39, 0.29) is 17.4 Å². The van der Waals surface area contributed by atoms with Crippen molar-refractivity contribution in [1.29, 1.82) is 0 Å². The third-order valence-corrected chi connectivity index (χ3v) is 4.37. The van der Waals surface area contributed by atoms with Crippen molar-refractivity contribution in [3.05, 3.63) is 28.5 Å². The molecule has 1 aromatic rings. The predicted molar refractivity (Wildman–Crippen MR) is 77.4 cm³/mol. The van der Waals surface area contributed by atoms with Crippen molar-refractivity contribution in [1.82, 2.24) is 9.71 Å². The van der Waals surface area contributed by atoms with Crippen LogP contribution in [0.3, 0.4) is 0 Å².